The molecule has 0 amide bonds. The van der Waals surface area contributed by atoms with Gasteiger partial charge in [0.05, 0.1) is 0 Å². The summed E-state index contributed by atoms with van der Waals surface area (Å²) in [6, 6.07) is 6.64. The first-order chi connectivity index (χ1) is 9.43. The van der Waals surface area contributed by atoms with Crippen molar-refractivity contribution in [3.8, 4) is 0 Å². The average molecular weight is 353 g/mol. The molecule has 1 atom stereocenters. The molecule has 0 bridgehead atoms. The molecule has 0 aromatic heterocycles. The third-order valence-electron chi connectivity index (χ3n) is 3.93. The normalized spacial score (nSPS) is 19.3. The minimum atomic E-state index is -4.06. The van der Waals surface area contributed by atoms with Gasteiger partial charge in [-0.15, -0.1) is 0 Å². The molecule has 1 fully saturated rings. The molecule has 112 valence electrons. The number of hydrogen-bond acceptors (Lipinski definition) is 0. The van der Waals surface area contributed by atoms with Crippen molar-refractivity contribution in [3.63, 3.8) is 0 Å². The summed E-state index contributed by atoms with van der Waals surface area (Å²) in [5.41, 5.74) is 1.31. The summed E-state index contributed by atoms with van der Waals surface area (Å²) in [6.07, 6.45) is 2.19. The van der Waals surface area contributed by atoms with Crippen molar-refractivity contribution in [1.29, 1.82) is 0 Å². The van der Waals surface area contributed by atoms with E-state index >= 15 is 0 Å². The lowest BCUT2D eigenvalue weighted by molar-refractivity contribution is -0.127. The zero-order valence-electron chi connectivity index (χ0n) is 11.0. The van der Waals surface area contributed by atoms with E-state index < -0.39 is 17.2 Å². The number of alkyl halides is 5. The number of hydrogen-bond donors (Lipinski definition) is 0. The Morgan fingerprint density at radius 3 is 2.05 bits per heavy atom. The van der Waals surface area contributed by atoms with Crippen molar-refractivity contribution >= 4 is 15.9 Å². The summed E-state index contributed by atoms with van der Waals surface area (Å²) in [5.74, 6) is -3.59. The quantitative estimate of drug-likeness (QED) is 0.455. The highest BCUT2D eigenvalue weighted by atomic mass is 79.9. The van der Waals surface area contributed by atoms with Gasteiger partial charge in [-0.3, -0.25) is 0 Å². The molecule has 0 radical (unpaired) electrons. The Labute approximate surface area is 124 Å². The second-order valence-electron chi connectivity index (χ2n) is 5.34. The van der Waals surface area contributed by atoms with Crippen molar-refractivity contribution in [2.24, 2.45) is 0 Å². The Bertz CT molecular complexity index is 424. The average Bonchev–Trinajstić information content (AvgIpc) is 2.47. The largest absolute Gasteiger partial charge is 0.323 e. The Balaban J connectivity index is 2.11. The Morgan fingerprint density at radius 1 is 1.00 bits per heavy atom. The van der Waals surface area contributed by atoms with E-state index in [0.717, 1.165) is 18.4 Å². The fourth-order valence-electron chi connectivity index (χ4n) is 2.71. The molecule has 0 aliphatic heterocycles. The molecular weight excluding hydrogens is 336 g/mol. The van der Waals surface area contributed by atoms with Crippen LogP contribution in [0.4, 0.5) is 17.6 Å². The van der Waals surface area contributed by atoms with Crippen LogP contribution in [0.1, 0.15) is 54.0 Å². The van der Waals surface area contributed by atoms with E-state index in [-0.39, 0.29) is 5.56 Å². The number of rotatable bonds is 4. The minimum Gasteiger partial charge on any atom is -0.204 e. The van der Waals surface area contributed by atoms with Gasteiger partial charge in [-0.25, -0.2) is 8.78 Å². The Kier molecular flexibility index (Phi) is 5.10. The fraction of sp³-hybridized carbons (Fsp3) is 0.600. The third kappa shape index (κ3) is 3.35. The lowest BCUT2D eigenvalue weighted by Crippen LogP contribution is -2.31. The van der Waals surface area contributed by atoms with Gasteiger partial charge in [-0.1, -0.05) is 59.5 Å². The summed E-state index contributed by atoms with van der Waals surface area (Å²) >= 11 is 2.70. The first-order valence-electron chi connectivity index (χ1n) is 6.83. The lowest BCUT2D eigenvalue weighted by atomic mass is 9.84. The van der Waals surface area contributed by atoms with Gasteiger partial charge >= 0.3 is 12.3 Å². The third-order valence-corrected chi connectivity index (χ3v) is 5.07. The van der Waals surface area contributed by atoms with Gasteiger partial charge in [0.15, 0.2) is 0 Å². The molecule has 20 heavy (non-hydrogen) atoms. The molecule has 5 heteroatoms. The highest BCUT2D eigenvalue weighted by Crippen LogP contribution is 2.43. The van der Waals surface area contributed by atoms with Gasteiger partial charge in [-0.2, -0.15) is 8.78 Å². The van der Waals surface area contributed by atoms with Gasteiger partial charge in [0.25, 0.3) is 0 Å². The Hall–Kier alpha value is -0.580. The maximum Gasteiger partial charge on any atom is 0.323 e. The van der Waals surface area contributed by atoms with Crippen molar-refractivity contribution in [3.05, 3.63) is 35.4 Å². The van der Waals surface area contributed by atoms with E-state index in [0.29, 0.717) is 5.92 Å². The molecule has 0 spiro atoms. The zero-order valence-corrected chi connectivity index (χ0v) is 12.6. The summed E-state index contributed by atoms with van der Waals surface area (Å²) in [6.45, 7) is 0. The molecule has 1 unspecified atom stereocenters. The van der Waals surface area contributed by atoms with E-state index in [9.17, 15) is 17.6 Å². The Morgan fingerprint density at radius 2 is 1.55 bits per heavy atom. The first-order valence-corrected chi connectivity index (χ1v) is 7.74. The van der Waals surface area contributed by atoms with Crippen molar-refractivity contribution < 1.29 is 17.6 Å². The standard InChI is InChI=1S/C15H17BrF4/c16-13(15(19,20)14(17)18)12-8-6-11(7-9-12)10-4-2-1-3-5-10/h6-10,13-14H,1-5H2. The first kappa shape index (κ1) is 15.8. The van der Waals surface area contributed by atoms with Gasteiger partial charge in [-0.05, 0) is 29.9 Å². The van der Waals surface area contributed by atoms with E-state index in [1.54, 1.807) is 12.1 Å². The number of benzene rings is 1. The molecule has 0 heterocycles. The predicted octanol–water partition coefficient (Wildman–Crippen LogP) is 6.07. The molecule has 1 aromatic rings. The summed E-state index contributed by atoms with van der Waals surface area (Å²) < 4.78 is 51.2. The second-order valence-corrected chi connectivity index (χ2v) is 6.26. The molecule has 0 saturated heterocycles. The van der Waals surface area contributed by atoms with Crippen LogP contribution in [0.15, 0.2) is 24.3 Å². The van der Waals surface area contributed by atoms with Gasteiger partial charge < -0.3 is 0 Å². The van der Waals surface area contributed by atoms with Crippen LogP contribution in [0.2, 0.25) is 0 Å². The minimum absolute atomic E-state index is 0.190. The molecule has 1 saturated carbocycles. The fourth-order valence-corrected chi connectivity index (χ4v) is 3.21. The molecule has 1 aliphatic carbocycles. The topological polar surface area (TPSA) is 0 Å². The summed E-state index contributed by atoms with van der Waals surface area (Å²) in [7, 11) is 0. The van der Waals surface area contributed by atoms with Crippen molar-refractivity contribution in [2.45, 2.75) is 55.2 Å². The van der Waals surface area contributed by atoms with Gasteiger partial charge in [0, 0.05) is 0 Å². The highest BCUT2D eigenvalue weighted by Gasteiger charge is 2.48. The van der Waals surface area contributed by atoms with Crippen LogP contribution >= 0.6 is 15.9 Å². The number of halogens is 5. The van der Waals surface area contributed by atoms with Gasteiger partial charge in [0.2, 0.25) is 0 Å². The lowest BCUT2D eigenvalue weighted by Gasteiger charge is -2.24. The molecule has 0 N–H and O–H groups in total. The smallest absolute Gasteiger partial charge is 0.204 e. The molecular formula is C15H17BrF4. The van der Waals surface area contributed by atoms with E-state index in [1.165, 1.54) is 31.4 Å². The highest BCUT2D eigenvalue weighted by molar-refractivity contribution is 9.09. The second kappa shape index (κ2) is 6.46. The van der Waals surface area contributed by atoms with Crippen LogP contribution in [0.25, 0.3) is 0 Å². The molecule has 2 rings (SSSR count). The van der Waals surface area contributed by atoms with Crippen molar-refractivity contribution in [1.82, 2.24) is 0 Å². The molecule has 0 nitrogen and oxygen atoms in total. The van der Waals surface area contributed by atoms with Crippen LogP contribution in [-0.4, -0.2) is 12.3 Å². The predicted molar refractivity (Wildman–Crippen MR) is 74.9 cm³/mol. The van der Waals surface area contributed by atoms with Crippen molar-refractivity contribution in [2.75, 3.05) is 0 Å². The van der Waals surface area contributed by atoms with Crippen LogP contribution in [0.3, 0.4) is 0 Å². The zero-order chi connectivity index (χ0) is 14.8. The van der Waals surface area contributed by atoms with E-state index in [1.807, 2.05) is 0 Å². The maximum absolute atomic E-state index is 13.3. The van der Waals surface area contributed by atoms with Crippen LogP contribution in [-0.2, 0) is 0 Å². The van der Waals surface area contributed by atoms with Gasteiger partial charge in [0.1, 0.15) is 4.83 Å². The molecule has 1 aromatic carbocycles. The van der Waals surface area contributed by atoms with E-state index in [4.69, 9.17) is 0 Å². The van der Waals surface area contributed by atoms with E-state index in [2.05, 4.69) is 15.9 Å². The monoisotopic (exact) mass is 352 g/mol. The summed E-state index contributed by atoms with van der Waals surface area (Å²) in [5, 5.41) is 0. The molecule has 1 aliphatic rings. The van der Waals surface area contributed by atoms with Crippen LogP contribution < -0.4 is 0 Å². The SMILES string of the molecule is FC(F)C(F)(F)C(Br)c1ccc(C2CCCCC2)cc1. The van der Waals surface area contributed by atoms with Crippen LogP contribution in [0, 0.1) is 0 Å². The maximum atomic E-state index is 13.3. The summed E-state index contributed by atoms with van der Waals surface area (Å²) in [4.78, 5) is -1.66. The van der Waals surface area contributed by atoms with Crippen LogP contribution in [0.5, 0.6) is 0 Å².